The van der Waals surface area contributed by atoms with Crippen molar-refractivity contribution >= 4 is 40.8 Å². The van der Waals surface area contributed by atoms with E-state index in [2.05, 4.69) is 10.6 Å². The normalized spacial score (nSPS) is 39.6. The number of cyclic esters (lactones) is 1. The van der Waals surface area contributed by atoms with Gasteiger partial charge < -0.3 is 83.9 Å². The first-order valence-electron chi connectivity index (χ1n) is 27.3. The fourth-order valence-corrected chi connectivity index (χ4v) is 11.9. The number of aliphatic carboxylic acids is 1. The zero-order valence-electron chi connectivity index (χ0n) is 47.3. The number of anilines is 2. The minimum Gasteiger partial charge on any atom is -0.481 e. The summed E-state index contributed by atoms with van der Waals surface area (Å²) in [6.07, 6.45) is -9.73. The molecule has 3 unspecified atom stereocenters. The fourth-order valence-electron chi connectivity index (χ4n) is 11.9. The Labute approximate surface area is 453 Å². The number of aliphatic hydroxyl groups is 4. The first-order chi connectivity index (χ1) is 36.1. The van der Waals surface area contributed by atoms with Crippen LogP contribution in [0.1, 0.15) is 118 Å². The molecule has 5 aliphatic rings. The van der Waals surface area contributed by atoms with Gasteiger partial charge in [0.1, 0.15) is 35.1 Å². The second-order valence-electron chi connectivity index (χ2n) is 23.1. The van der Waals surface area contributed by atoms with E-state index in [-0.39, 0.29) is 44.8 Å². The summed E-state index contributed by atoms with van der Waals surface area (Å²) in [5, 5.41) is 64.0. The maximum Gasteiger partial charge on any atom is 0.316 e. The highest BCUT2D eigenvalue weighted by Gasteiger charge is 2.55. The van der Waals surface area contributed by atoms with E-state index in [0.29, 0.717) is 30.8 Å². The van der Waals surface area contributed by atoms with Crippen molar-refractivity contribution in [3.8, 4) is 0 Å². The lowest BCUT2D eigenvalue weighted by atomic mass is 9.74. The van der Waals surface area contributed by atoms with Crippen molar-refractivity contribution in [1.82, 2.24) is 10.2 Å². The zero-order valence-corrected chi connectivity index (χ0v) is 47.3. The Morgan fingerprint density at radius 2 is 1.58 bits per heavy atom. The summed E-state index contributed by atoms with van der Waals surface area (Å²) in [4.78, 5) is 70.9. The molecule has 4 aliphatic heterocycles. The van der Waals surface area contributed by atoms with Crippen LogP contribution in [0.2, 0.25) is 0 Å². The molecule has 1 aromatic carbocycles. The lowest BCUT2D eigenvalue weighted by molar-refractivity contribution is -0.340. The number of rotatable bonds is 18. The van der Waals surface area contributed by atoms with Gasteiger partial charge in [0.15, 0.2) is 30.8 Å². The molecule has 22 nitrogen and oxygen atoms in total. The first kappa shape index (κ1) is 62.3. The predicted molar refractivity (Wildman–Crippen MR) is 280 cm³/mol. The van der Waals surface area contributed by atoms with Crippen molar-refractivity contribution in [3.63, 3.8) is 0 Å². The van der Waals surface area contributed by atoms with Crippen molar-refractivity contribution in [2.24, 2.45) is 29.6 Å². The first-order valence-corrected chi connectivity index (χ1v) is 27.3. The number of hydrogen-bond acceptors (Lipinski definition) is 21. The molecule has 19 atom stereocenters. The van der Waals surface area contributed by atoms with Crippen molar-refractivity contribution in [3.05, 3.63) is 23.8 Å². The van der Waals surface area contributed by atoms with Crippen LogP contribution in [0.25, 0.3) is 0 Å². The molecule has 0 spiro atoms. The largest absolute Gasteiger partial charge is 0.481 e. The summed E-state index contributed by atoms with van der Waals surface area (Å²) in [7, 11) is 6.52. The Bertz CT molecular complexity index is 2210. The number of benzene rings is 1. The Morgan fingerprint density at radius 3 is 2.19 bits per heavy atom. The number of carbonyl (C=O) groups excluding carboxylic acids is 4. The van der Waals surface area contributed by atoms with Crippen LogP contribution in [0, 0.1) is 29.6 Å². The van der Waals surface area contributed by atoms with Gasteiger partial charge >= 0.3 is 17.9 Å². The standard InChI is InChI=1S/C55H88N4O18/c1-14-39-55(9,69)47(64)29(3)43(61)28(2)25-53(7,68)48(77-52-45(63)38(58(10)11)24-41(70-12)76-52)30(4)46(31(5)51(67)73-39)75-42-26-54(8,71-13)49(32(6)72-42)74-40(60)19-20-56-21-22-57-33-15-18-37-35(23-33)44(62)36(50(65)66)27-59(37)34-16-17-34/h15,18,23,28-32,34,36,38-39,41-42,45-49,52,56-57,63-64,68-69H,14,16-17,19-22,24-27H2,1-13H3,(H,65,66)/t28-,29+,30+,31-,32+,36?,38+,39-,41+,42?,45-,46+,47+,48-,49+,52?,53-,54-,55-/m1/s1. The molecule has 436 valence electrons. The third-order valence-electron chi connectivity index (χ3n) is 16.8. The second-order valence-corrected chi connectivity index (χ2v) is 23.1. The minimum atomic E-state index is -2.07. The maximum absolute atomic E-state index is 14.5. The molecule has 0 radical (unpaired) electrons. The Balaban J connectivity index is 1.16. The number of carboxylic acid groups (broad SMARTS) is 1. The van der Waals surface area contributed by atoms with Crippen molar-refractivity contribution in [1.29, 1.82) is 0 Å². The van der Waals surface area contributed by atoms with Crippen LogP contribution in [-0.2, 0) is 57.1 Å². The van der Waals surface area contributed by atoms with Gasteiger partial charge in [0, 0.05) is 100 Å². The molecule has 1 aliphatic carbocycles. The SMILES string of the molecule is CC[C@H]1OC(=O)[C@H](C)[C@@H](OC2C[C@@](C)(OC)[C@@H](OC(=O)CCNCCNc3ccc4c(c3)C(=O)C(C(=O)O)CN4C3CC3)[C@H](C)O2)[C@H](C)[C@@H](OC2O[C@H](OC)C[C@H](N(C)C)[C@H]2O)[C@](C)(O)C[C@@H](C)C(=O)[C@H](C)[C@H](O)[C@]1(C)O. The molecule has 4 fully saturated rings. The number of ketones is 2. The lowest BCUT2D eigenvalue weighted by Gasteiger charge is -2.49. The molecule has 1 aromatic rings. The molecule has 0 amide bonds. The van der Waals surface area contributed by atoms with Gasteiger partial charge in [0.05, 0.1) is 42.4 Å². The molecule has 7 N–H and O–H groups in total. The molecule has 0 bridgehead atoms. The molecule has 4 heterocycles. The number of likely N-dealkylation sites (N-methyl/N-ethyl adjacent to an activating group) is 1. The third kappa shape index (κ3) is 14.2. The van der Waals surface area contributed by atoms with Gasteiger partial charge in [-0.1, -0.05) is 27.7 Å². The maximum atomic E-state index is 14.5. The van der Waals surface area contributed by atoms with Gasteiger partial charge in [-0.05, 0) is 92.6 Å². The Hall–Kier alpha value is -3.91. The van der Waals surface area contributed by atoms with Crippen LogP contribution in [-0.4, -0.2) is 205 Å². The van der Waals surface area contributed by atoms with Gasteiger partial charge in [-0.15, -0.1) is 0 Å². The van der Waals surface area contributed by atoms with E-state index in [9.17, 15) is 49.5 Å². The molecule has 1 saturated carbocycles. The van der Waals surface area contributed by atoms with Crippen LogP contribution < -0.4 is 15.5 Å². The van der Waals surface area contributed by atoms with Crippen LogP contribution in [0.5, 0.6) is 0 Å². The smallest absolute Gasteiger partial charge is 0.316 e. The molecule has 0 aromatic heterocycles. The van der Waals surface area contributed by atoms with Crippen LogP contribution in [0.3, 0.4) is 0 Å². The molecular weight excluding hydrogens is 1000 g/mol. The molecule has 3 saturated heterocycles. The topological polar surface area (TPSA) is 291 Å². The third-order valence-corrected chi connectivity index (χ3v) is 16.8. The van der Waals surface area contributed by atoms with Gasteiger partial charge in [-0.2, -0.15) is 0 Å². The number of methoxy groups -OCH3 is 2. The molecule has 77 heavy (non-hydrogen) atoms. The monoisotopic (exact) mass is 1090 g/mol. The van der Waals surface area contributed by atoms with Gasteiger partial charge in [0.2, 0.25) is 0 Å². The number of carbonyl (C=O) groups is 5. The lowest BCUT2D eigenvalue weighted by Crippen LogP contribution is -2.61. The number of esters is 2. The summed E-state index contributed by atoms with van der Waals surface area (Å²) in [5.41, 5.74) is -3.37. The summed E-state index contributed by atoms with van der Waals surface area (Å²) >= 11 is 0. The van der Waals surface area contributed by atoms with E-state index in [1.54, 1.807) is 61.7 Å². The number of fused-ring (bicyclic) bond motifs is 1. The quantitative estimate of drug-likeness (QED) is 0.0632. The van der Waals surface area contributed by atoms with E-state index in [4.69, 9.17) is 37.9 Å². The Morgan fingerprint density at radius 1 is 0.896 bits per heavy atom. The number of nitrogens with one attached hydrogen (secondary N) is 2. The zero-order chi connectivity index (χ0) is 57.1. The van der Waals surface area contributed by atoms with Gasteiger partial charge in [-0.25, -0.2) is 0 Å². The summed E-state index contributed by atoms with van der Waals surface area (Å²) in [5.74, 6) is -8.67. The van der Waals surface area contributed by atoms with Crippen LogP contribution in [0.15, 0.2) is 18.2 Å². The average Bonchev–Trinajstić information content (AvgIpc) is 4.23. The number of hydrogen-bond donors (Lipinski definition) is 7. The fraction of sp³-hybridized carbons (Fsp3) is 0.800. The number of nitrogens with zero attached hydrogens (tertiary/aromatic N) is 2. The molecule has 22 heteroatoms. The summed E-state index contributed by atoms with van der Waals surface area (Å²) in [6, 6.07) is 5.18. The van der Waals surface area contributed by atoms with E-state index >= 15 is 0 Å². The van der Waals surface area contributed by atoms with Crippen LogP contribution >= 0.6 is 0 Å². The van der Waals surface area contributed by atoms with Gasteiger partial charge in [-0.3, -0.25) is 24.0 Å². The number of carboxylic acids is 1. The number of aliphatic hydroxyl groups excluding tert-OH is 2. The highest BCUT2D eigenvalue weighted by atomic mass is 16.8. The van der Waals surface area contributed by atoms with Crippen molar-refractivity contribution < 1.29 is 87.4 Å². The van der Waals surface area contributed by atoms with Crippen LogP contribution in [0.4, 0.5) is 11.4 Å². The van der Waals surface area contributed by atoms with E-state index in [1.807, 2.05) is 21.9 Å². The molecular formula is C55H88N4O18. The minimum absolute atomic E-state index is 0.00395. The molecule has 6 rings (SSSR count). The summed E-state index contributed by atoms with van der Waals surface area (Å²) < 4.78 is 49.8. The Kier molecular flexibility index (Phi) is 20.8. The average molecular weight is 1090 g/mol. The van der Waals surface area contributed by atoms with E-state index < -0.39 is 144 Å². The highest BCUT2D eigenvalue weighted by Crippen LogP contribution is 2.43. The van der Waals surface area contributed by atoms with E-state index in [0.717, 1.165) is 18.5 Å². The predicted octanol–water partition coefficient (Wildman–Crippen LogP) is 2.88. The highest BCUT2D eigenvalue weighted by molar-refractivity contribution is 6.13. The van der Waals surface area contributed by atoms with Gasteiger partial charge in [0.25, 0.3) is 0 Å². The summed E-state index contributed by atoms with van der Waals surface area (Å²) in [6.45, 7) is 15.6. The van der Waals surface area contributed by atoms with Crippen molar-refractivity contribution in [2.75, 3.05) is 64.7 Å². The number of Topliss-reactive ketones (excluding diaryl/α,β-unsaturated/α-hetero) is 2. The second kappa shape index (κ2) is 25.7. The van der Waals surface area contributed by atoms with E-state index in [1.165, 1.54) is 35.0 Å². The number of ether oxygens (including phenoxy) is 8. The van der Waals surface area contributed by atoms with Crippen molar-refractivity contribution in [2.45, 2.75) is 198 Å².